The number of aromatic hydroxyl groups is 3. The molecule has 0 amide bonds. The zero-order valence-corrected chi connectivity index (χ0v) is 18.0. The van der Waals surface area contributed by atoms with Gasteiger partial charge in [0.05, 0.1) is 0 Å². The van der Waals surface area contributed by atoms with Gasteiger partial charge in [0.25, 0.3) is 0 Å². The molecule has 0 aromatic heterocycles. The quantitative estimate of drug-likeness (QED) is 0.300. The molecular weight excluding hydrogens is 416 g/mol. The molecule has 6 bridgehead atoms. The van der Waals surface area contributed by atoms with Crippen LogP contribution in [0.15, 0.2) is 78.9 Å². The highest BCUT2D eigenvalue weighted by molar-refractivity contribution is 5.52. The smallest absolute Gasteiger partial charge is 0.172 e. The molecule has 0 unspecified atom stereocenters. The lowest BCUT2D eigenvalue weighted by atomic mass is 10.0. The molecular formula is C28H24O5. The molecule has 0 atom stereocenters. The fourth-order valence-corrected chi connectivity index (χ4v) is 4.01. The minimum Gasteiger partial charge on any atom is -0.504 e. The van der Waals surface area contributed by atoms with E-state index in [1.807, 2.05) is 48.5 Å². The highest BCUT2D eigenvalue weighted by Gasteiger charge is 2.15. The van der Waals surface area contributed by atoms with Crippen LogP contribution < -0.4 is 9.47 Å². The van der Waals surface area contributed by atoms with E-state index in [0.29, 0.717) is 42.3 Å². The third kappa shape index (κ3) is 4.58. The number of benzene rings is 4. The third-order valence-corrected chi connectivity index (χ3v) is 5.87. The number of para-hydroxylation sites is 1. The predicted molar refractivity (Wildman–Crippen MR) is 126 cm³/mol. The molecule has 5 heteroatoms. The lowest BCUT2D eigenvalue weighted by Gasteiger charge is -2.15. The zero-order chi connectivity index (χ0) is 22.8. The number of phenols is 3. The van der Waals surface area contributed by atoms with Crippen LogP contribution >= 0.6 is 0 Å². The SMILES string of the molecule is Oc1ccc2cc1Oc1ccc(cc1)CCc1cccc(O)c1Oc1cc(ccc1O)CC2. The topological polar surface area (TPSA) is 79.2 Å². The standard InChI is InChI=1S/C28H24O5/c29-23-14-9-19-4-5-20-10-15-24(30)27(17-20)33-28-21(2-1-3-25(28)31)11-6-18-7-12-22(13-8-18)32-26(23)16-19/h1-3,7-10,12-17,29-31H,4-6,11H2. The Morgan fingerprint density at radius 3 is 1.76 bits per heavy atom. The van der Waals surface area contributed by atoms with Gasteiger partial charge in [-0.2, -0.15) is 0 Å². The molecule has 0 radical (unpaired) electrons. The van der Waals surface area contributed by atoms with Gasteiger partial charge >= 0.3 is 0 Å². The van der Waals surface area contributed by atoms with Crippen molar-refractivity contribution in [1.29, 1.82) is 0 Å². The van der Waals surface area contributed by atoms with Crippen LogP contribution in [0.5, 0.6) is 40.2 Å². The fourth-order valence-electron chi connectivity index (χ4n) is 4.01. The van der Waals surface area contributed by atoms with Crippen LogP contribution in [0.25, 0.3) is 0 Å². The van der Waals surface area contributed by atoms with E-state index in [9.17, 15) is 15.3 Å². The van der Waals surface area contributed by atoms with E-state index in [1.165, 1.54) is 0 Å². The average Bonchev–Trinajstić information content (AvgIpc) is 2.82. The number of hydrogen-bond acceptors (Lipinski definition) is 5. The molecule has 6 rings (SSSR count). The first-order valence-corrected chi connectivity index (χ1v) is 10.9. The molecule has 0 fully saturated rings. The van der Waals surface area contributed by atoms with Gasteiger partial charge in [-0.1, -0.05) is 36.4 Å². The molecule has 4 aromatic carbocycles. The molecule has 5 nitrogen and oxygen atoms in total. The summed E-state index contributed by atoms with van der Waals surface area (Å²) < 4.78 is 12.0. The van der Waals surface area contributed by atoms with E-state index in [4.69, 9.17) is 9.47 Å². The van der Waals surface area contributed by atoms with Crippen molar-refractivity contribution in [3.05, 3.63) is 101 Å². The van der Waals surface area contributed by atoms with E-state index < -0.39 is 0 Å². The van der Waals surface area contributed by atoms with Gasteiger partial charge < -0.3 is 24.8 Å². The van der Waals surface area contributed by atoms with Crippen LogP contribution in [0.4, 0.5) is 0 Å². The summed E-state index contributed by atoms with van der Waals surface area (Å²) in [7, 11) is 0. The van der Waals surface area contributed by atoms with Crippen molar-refractivity contribution in [3.63, 3.8) is 0 Å². The molecule has 33 heavy (non-hydrogen) atoms. The second-order valence-corrected chi connectivity index (χ2v) is 8.22. The van der Waals surface area contributed by atoms with Crippen molar-refractivity contribution in [1.82, 2.24) is 0 Å². The minimum atomic E-state index is 0.0123. The summed E-state index contributed by atoms with van der Waals surface area (Å²) in [5.41, 5.74) is 3.94. The van der Waals surface area contributed by atoms with Crippen molar-refractivity contribution in [2.24, 2.45) is 0 Å². The molecule has 2 aliphatic heterocycles. The van der Waals surface area contributed by atoms with Gasteiger partial charge in [-0.25, -0.2) is 0 Å². The first kappa shape index (κ1) is 20.8. The Hall–Kier alpha value is -4.12. The van der Waals surface area contributed by atoms with Crippen LogP contribution in [0.2, 0.25) is 0 Å². The number of rotatable bonds is 0. The first-order chi connectivity index (χ1) is 16.0. The Morgan fingerprint density at radius 2 is 1.09 bits per heavy atom. The Labute approximate surface area is 192 Å². The summed E-state index contributed by atoms with van der Waals surface area (Å²) in [5.74, 6) is 1.86. The molecule has 3 N–H and O–H groups in total. The summed E-state index contributed by atoms with van der Waals surface area (Å²) in [4.78, 5) is 0. The van der Waals surface area contributed by atoms with Crippen LogP contribution in [0, 0.1) is 0 Å². The lowest BCUT2D eigenvalue weighted by molar-refractivity contribution is 0.381. The summed E-state index contributed by atoms with van der Waals surface area (Å²) in [6, 6.07) is 23.6. The molecule has 2 aliphatic rings. The maximum Gasteiger partial charge on any atom is 0.172 e. The maximum atomic E-state index is 10.5. The van der Waals surface area contributed by atoms with Crippen LogP contribution in [-0.2, 0) is 25.7 Å². The van der Waals surface area contributed by atoms with Gasteiger partial charge in [-0.05, 0) is 90.4 Å². The van der Waals surface area contributed by atoms with E-state index in [0.717, 1.165) is 28.7 Å². The summed E-state index contributed by atoms with van der Waals surface area (Å²) >= 11 is 0. The van der Waals surface area contributed by atoms with Crippen LogP contribution in [0.1, 0.15) is 22.3 Å². The van der Waals surface area contributed by atoms with Gasteiger partial charge in [-0.15, -0.1) is 0 Å². The average molecular weight is 440 g/mol. The van der Waals surface area contributed by atoms with Crippen LogP contribution in [-0.4, -0.2) is 15.3 Å². The molecule has 2 heterocycles. The van der Waals surface area contributed by atoms with Crippen molar-refractivity contribution in [2.75, 3.05) is 0 Å². The number of ether oxygens (including phenoxy) is 2. The predicted octanol–water partition coefficient (Wildman–Crippen LogP) is 6.27. The number of aryl methyl sites for hydroxylation is 4. The minimum absolute atomic E-state index is 0.0123. The van der Waals surface area contributed by atoms with Gasteiger partial charge in [0, 0.05) is 0 Å². The van der Waals surface area contributed by atoms with Gasteiger partial charge in [-0.3, -0.25) is 0 Å². The monoisotopic (exact) mass is 440 g/mol. The highest BCUT2D eigenvalue weighted by Crippen LogP contribution is 2.39. The fraction of sp³-hybridized carbons (Fsp3) is 0.143. The molecule has 0 saturated heterocycles. The Balaban J connectivity index is 1.56. The summed E-state index contributed by atoms with van der Waals surface area (Å²) in [6.07, 6.45) is 2.78. The van der Waals surface area contributed by atoms with E-state index in [2.05, 4.69) is 0 Å². The number of phenolic OH excluding ortho intramolecular Hbond substituents is 3. The number of hydrogen-bond donors (Lipinski definition) is 3. The zero-order valence-electron chi connectivity index (χ0n) is 18.0. The molecule has 4 aromatic rings. The largest absolute Gasteiger partial charge is 0.504 e. The molecule has 166 valence electrons. The normalized spacial score (nSPS) is 13.2. The first-order valence-electron chi connectivity index (χ1n) is 10.9. The Morgan fingerprint density at radius 1 is 0.515 bits per heavy atom. The summed E-state index contributed by atoms with van der Waals surface area (Å²) in [6.45, 7) is 0. The van der Waals surface area contributed by atoms with Crippen molar-refractivity contribution >= 4 is 0 Å². The van der Waals surface area contributed by atoms with Crippen molar-refractivity contribution in [3.8, 4) is 40.2 Å². The van der Waals surface area contributed by atoms with Crippen molar-refractivity contribution in [2.45, 2.75) is 25.7 Å². The van der Waals surface area contributed by atoms with Gasteiger partial charge in [0.1, 0.15) is 5.75 Å². The second kappa shape index (κ2) is 8.79. The molecule has 0 spiro atoms. The van der Waals surface area contributed by atoms with Crippen molar-refractivity contribution < 1.29 is 24.8 Å². The lowest BCUT2D eigenvalue weighted by Crippen LogP contribution is -1.98. The Bertz CT molecular complexity index is 1290. The number of fused-ring (bicyclic) bond motifs is 4. The molecule has 0 aliphatic carbocycles. The highest BCUT2D eigenvalue weighted by atomic mass is 16.5. The summed E-state index contributed by atoms with van der Waals surface area (Å²) in [5, 5.41) is 31.1. The Kier molecular flexibility index (Phi) is 5.53. The third-order valence-electron chi connectivity index (χ3n) is 5.87. The second-order valence-electron chi connectivity index (χ2n) is 8.22. The van der Waals surface area contributed by atoms with Gasteiger partial charge in [0.2, 0.25) is 0 Å². The van der Waals surface area contributed by atoms with E-state index in [-0.39, 0.29) is 17.2 Å². The van der Waals surface area contributed by atoms with E-state index >= 15 is 0 Å². The van der Waals surface area contributed by atoms with E-state index in [1.54, 1.807) is 30.3 Å². The maximum absolute atomic E-state index is 10.5. The van der Waals surface area contributed by atoms with Crippen LogP contribution in [0.3, 0.4) is 0 Å². The molecule has 0 saturated carbocycles. The van der Waals surface area contributed by atoms with Gasteiger partial charge in [0.15, 0.2) is 34.5 Å².